The summed E-state index contributed by atoms with van der Waals surface area (Å²) in [6.07, 6.45) is 0. The number of hydrogen-bond donors (Lipinski definition) is 1. The lowest BCUT2D eigenvalue weighted by molar-refractivity contribution is 0.0517. The van der Waals surface area contributed by atoms with E-state index < -0.39 is 11.7 Å². The fraction of sp³-hybridized carbons (Fsp3) is 0.238. The Bertz CT molecular complexity index is 992. The van der Waals surface area contributed by atoms with E-state index in [9.17, 15) is 9.59 Å². The molecule has 0 fully saturated rings. The van der Waals surface area contributed by atoms with E-state index in [4.69, 9.17) is 14.2 Å². The number of rotatable bonds is 8. The Morgan fingerprint density at radius 1 is 1.07 bits per heavy atom. The number of benzene rings is 2. The second kappa shape index (κ2) is 9.05. The van der Waals surface area contributed by atoms with Crippen molar-refractivity contribution in [2.75, 3.05) is 26.9 Å². The normalized spacial score (nSPS) is 10.6. The van der Waals surface area contributed by atoms with E-state index in [0.717, 1.165) is 0 Å². The van der Waals surface area contributed by atoms with Crippen LogP contribution in [-0.2, 0) is 9.47 Å². The first-order valence-electron chi connectivity index (χ1n) is 8.95. The number of methoxy groups -OCH3 is 1. The van der Waals surface area contributed by atoms with Gasteiger partial charge in [0.05, 0.1) is 24.6 Å². The average molecular weight is 382 g/mol. The van der Waals surface area contributed by atoms with Crippen LogP contribution in [0.5, 0.6) is 5.75 Å². The SMILES string of the molecule is CCOC(=O)c1c(-c2ccccc2)[nH]c(=O)n1-c1cccc(OCCOC)c1. The van der Waals surface area contributed by atoms with E-state index in [1.165, 1.54) is 4.57 Å². The summed E-state index contributed by atoms with van der Waals surface area (Å²) in [4.78, 5) is 28.2. The molecule has 2 aromatic carbocycles. The van der Waals surface area contributed by atoms with Crippen LogP contribution in [0.25, 0.3) is 16.9 Å². The quantitative estimate of drug-likeness (QED) is 0.478. The van der Waals surface area contributed by atoms with E-state index in [0.29, 0.717) is 35.9 Å². The molecule has 28 heavy (non-hydrogen) atoms. The Morgan fingerprint density at radius 2 is 1.86 bits per heavy atom. The summed E-state index contributed by atoms with van der Waals surface area (Å²) in [5.74, 6) is -0.0101. The average Bonchev–Trinajstić information content (AvgIpc) is 3.06. The minimum Gasteiger partial charge on any atom is -0.491 e. The predicted octanol–water partition coefficient (Wildman–Crippen LogP) is 3.03. The van der Waals surface area contributed by atoms with E-state index in [1.54, 1.807) is 38.3 Å². The third kappa shape index (κ3) is 4.15. The number of hydrogen-bond acceptors (Lipinski definition) is 5. The van der Waals surface area contributed by atoms with Crippen molar-refractivity contribution in [1.29, 1.82) is 0 Å². The molecule has 7 nitrogen and oxygen atoms in total. The van der Waals surface area contributed by atoms with Crippen molar-refractivity contribution in [3.63, 3.8) is 0 Å². The van der Waals surface area contributed by atoms with Gasteiger partial charge in [-0.3, -0.25) is 4.57 Å². The number of H-pyrrole nitrogens is 1. The van der Waals surface area contributed by atoms with Crippen molar-refractivity contribution in [3.8, 4) is 22.7 Å². The smallest absolute Gasteiger partial charge is 0.357 e. The first-order chi connectivity index (χ1) is 13.7. The second-order valence-electron chi connectivity index (χ2n) is 5.91. The van der Waals surface area contributed by atoms with Gasteiger partial charge in [-0.25, -0.2) is 9.59 Å². The van der Waals surface area contributed by atoms with Crippen LogP contribution in [0.1, 0.15) is 17.4 Å². The molecule has 146 valence electrons. The van der Waals surface area contributed by atoms with Crippen LogP contribution < -0.4 is 10.4 Å². The molecule has 0 aliphatic heterocycles. The largest absolute Gasteiger partial charge is 0.491 e. The number of aromatic amines is 1. The van der Waals surface area contributed by atoms with Crippen LogP contribution in [0.15, 0.2) is 59.4 Å². The monoisotopic (exact) mass is 382 g/mol. The highest BCUT2D eigenvalue weighted by molar-refractivity contribution is 5.95. The van der Waals surface area contributed by atoms with Crippen molar-refractivity contribution in [1.82, 2.24) is 9.55 Å². The van der Waals surface area contributed by atoms with Crippen molar-refractivity contribution in [2.24, 2.45) is 0 Å². The van der Waals surface area contributed by atoms with Gasteiger partial charge in [-0.2, -0.15) is 0 Å². The van der Waals surface area contributed by atoms with Crippen LogP contribution >= 0.6 is 0 Å². The number of carbonyl (C=O) groups excluding carboxylic acids is 1. The Hall–Kier alpha value is -3.32. The molecule has 0 saturated carbocycles. The lowest BCUT2D eigenvalue weighted by atomic mass is 10.1. The highest BCUT2D eigenvalue weighted by Crippen LogP contribution is 2.25. The molecule has 1 N–H and O–H groups in total. The third-order valence-electron chi connectivity index (χ3n) is 4.06. The van der Waals surface area contributed by atoms with Gasteiger partial charge in [-0.15, -0.1) is 0 Å². The molecule has 0 atom stereocenters. The summed E-state index contributed by atoms with van der Waals surface area (Å²) < 4.78 is 17.1. The minimum absolute atomic E-state index is 0.145. The Labute approximate surface area is 162 Å². The number of ether oxygens (including phenoxy) is 3. The fourth-order valence-corrected chi connectivity index (χ4v) is 2.84. The van der Waals surface area contributed by atoms with Crippen LogP contribution in [-0.4, -0.2) is 42.5 Å². The van der Waals surface area contributed by atoms with Gasteiger partial charge in [0, 0.05) is 18.7 Å². The number of carbonyl (C=O) groups is 1. The maximum Gasteiger partial charge on any atom is 0.357 e. The summed E-state index contributed by atoms with van der Waals surface area (Å²) in [6.45, 7) is 2.74. The summed E-state index contributed by atoms with van der Waals surface area (Å²) in [5.41, 5.74) is 1.34. The molecule has 0 aliphatic rings. The van der Waals surface area contributed by atoms with Crippen molar-refractivity contribution in [2.45, 2.75) is 6.92 Å². The molecule has 0 saturated heterocycles. The molecule has 0 aliphatic carbocycles. The van der Waals surface area contributed by atoms with Gasteiger partial charge >= 0.3 is 11.7 Å². The maximum atomic E-state index is 12.8. The molecule has 1 heterocycles. The van der Waals surface area contributed by atoms with E-state index in [2.05, 4.69) is 4.98 Å². The molecule has 0 bridgehead atoms. The topological polar surface area (TPSA) is 82.6 Å². The molecule has 0 radical (unpaired) electrons. The van der Waals surface area contributed by atoms with E-state index in [-0.39, 0.29) is 12.3 Å². The van der Waals surface area contributed by atoms with Gasteiger partial charge in [0.15, 0.2) is 5.69 Å². The van der Waals surface area contributed by atoms with Crippen molar-refractivity contribution >= 4 is 5.97 Å². The predicted molar refractivity (Wildman–Crippen MR) is 105 cm³/mol. The molecule has 0 spiro atoms. The lowest BCUT2D eigenvalue weighted by Gasteiger charge is -2.11. The summed E-state index contributed by atoms with van der Waals surface area (Å²) in [7, 11) is 1.59. The zero-order valence-electron chi connectivity index (χ0n) is 15.8. The maximum absolute atomic E-state index is 12.8. The van der Waals surface area contributed by atoms with Gasteiger partial charge in [0.25, 0.3) is 0 Å². The van der Waals surface area contributed by atoms with Crippen molar-refractivity contribution < 1.29 is 19.0 Å². The van der Waals surface area contributed by atoms with E-state index >= 15 is 0 Å². The van der Waals surface area contributed by atoms with E-state index in [1.807, 2.05) is 30.3 Å². The molecular weight excluding hydrogens is 360 g/mol. The van der Waals surface area contributed by atoms with Gasteiger partial charge in [0.2, 0.25) is 0 Å². The number of nitrogens with zero attached hydrogens (tertiary/aromatic N) is 1. The Kier molecular flexibility index (Phi) is 6.29. The third-order valence-corrected chi connectivity index (χ3v) is 4.06. The summed E-state index contributed by atoms with van der Waals surface area (Å²) in [5, 5.41) is 0. The molecule has 1 aromatic heterocycles. The number of nitrogens with one attached hydrogen (secondary N) is 1. The highest BCUT2D eigenvalue weighted by Gasteiger charge is 2.24. The van der Waals surface area contributed by atoms with Crippen LogP contribution in [0.3, 0.4) is 0 Å². The van der Waals surface area contributed by atoms with Crippen LogP contribution in [0.4, 0.5) is 0 Å². The number of imidazole rings is 1. The zero-order valence-corrected chi connectivity index (χ0v) is 15.8. The molecular formula is C21H22N2O5. The highest BCUT2D eigenvalue weighted by atomic mass is 16.5. The Balaban J connectivity index is 2.11. The lowest BCUT2D eigenvalue weighted by Crippen LogP contribution is -2.20. The van der Waals surface area contributed by atoms with Gasteiger partial charge in [-0.1, -0.05) is 36.4 Å². The standard InChI is InChI=1S/C21H22N2O5/c1-3-27-20(24)19-18(15-8-5-4-6-9-15)22-21(25)23(19)16-10-7-11-17(14-16)28-13-12-26-2/h4-11,14H,3,12-13H2,1-2H3,(H,22,25). The molecule has 3 rings (SSSR count). The molecule has 3 aromatic rings. The molecule has 0 amide bonds. The molecule has 7 heteroatoms. The number of esters is 1. The first-order valence-corrected chi connectivity index (χ1v) is 8.95. The zero-order chi connectivity index (χ0) is 19.9. The minimum atomic E-state index is -0.578. The first kappa shape index (κ1) is 19.4. The van der Waals surface area contributed by atoms with Gasteiger partial charge < -0.3 is 19.2 Å². The summed E-state index contributed by atoms with van der Waals surface area (Å²) >= 11 is 0. The fourth-order valence-electron chi connectivity index (χ4n) is 2.84. The van der Waals surface area contributed by atoms with Crippen molar-refractivity contribution in [3.05, 3.63) is 70.8 Å². The number of aromatic nitrogens is 2. The van der Waals surface area contributed by atoms with Gasteiger partial charge in [0.1, 0.15) is 12.4 Å². The Morgan fingerprint density at radius 3 is 2.57 bits per heavy atom. The summed E-state index contributed by atoms with van der Waals surface area (Å²) in [6, 6.07) is 16.1. The molecule has 0 unspecified atom stereocenters. The van der Waals surface area contributed by atoms with Crippen LogP contribution in [0.2, 0.25) is 0 Å². The van der Waals surface area contributed by atoms with Gasteiger partial charge in [-0.05, 0) is 19.1 Å². The second-order valence-corrected chi connectivity index (χ2v) is 5.91. The van der Waals surface area contributed by atoms with Crippen LogP contribution in [0, 0.1) is 0 Å².